The number of hydrogen-bond donors (Lipinski definition) is 0. The summed E-state index contributed by atoms with van der Waals surface area (Å²) < 4.78 is 0. The summed E-state index contributed by atoms with van der Waals surface area (Å²) in [5.74, 6) is 0.363. The van der Waals surface area contributed by atoms with E-state index in [4.69, 9.17) is 0 Å². The van der Waals surface area contributed by atoms with Crippen LogP contribution in [0.5, 0.6) is 0 Å². The minimum atomic E-state index is 0.0724. The highest BCUT2D eigenvalue weighted by molar-refractivity contribution is 5.88. The topological polar surface area (TPSA) is 30.0 Å². The zero-order chi connectivity index (χ0) is 12.4. The number of Topliss-reactive ketones (excluding diaryl/α,β-unsaturated/α-hetero) is 1. The quantitative estimate of drug-likeness (QED) is 0.821. The van der Waals surface area contributed by atoms with E-state index in [-0.39, 0.29) is 5.92 Å². The molecule has 1 unspecified atom stereocenters. The second-order valence-electron chi connectivity index (χ2n) is 4.75. The molecule has 2 nitrogen and oxygen atoms in total. The van der Waals surface area contributed by atoms with Gasteiger partial charge >= 0.3 is 0 Å². The van der Waals surface area contributed by atoms with Crippen molar-refractivity contribution in [2.75, 3.05) is 0 Å². The average molecular weight is 237 g/mol. The summed E-state index contributed by atoms with van der Waals surface area (Å²) in [4.78, 5) is 16.6. The minimum Gasteiger partial charge on any atom is -0.299 e. The number of hydrogen-bond acceptors (Lipinski definition) is 2. The minimum absolute atomic E-state index is 0.0724. The van der Waals surface area contributed by atoms with Gasteiger partial charge in [0.1, 0.15) is 5.78 Å². The fourth-order valence-corrected chi connectivity index (χ4v) is 2.70. The van der Waals surface area contributed by atoms with Gasteiger partial charge in [-0.1, -0.05) is 30.3 Å². The molecule has 1 aromatic carbocycles. The lowest BCUT2D eigenvalue weighted by Gasteiger charge is -2.09. The SMILES string of the molecule is O=C(Cc1ccccn1)C1CCc2ccccc21. The van der Waals surface area contributed by atoms with E-state index in [9.17, 15) is 4.79 Å². The van der Waals surface area contributed by atoms with E-state index in [1.807, 2.05) is 30.3 Å². The molecule has 0 N–H and O–H groups in total. The highest BCUT2D eigenvalue weighted by atomic mass is 16.1. The zero-order valence-corrected chi connectivity index (χ0v) is 10.2. The second-order valence-corrected chi connectivity index (χ2v) is 4.75. The third-order valence-electron chi connectivity index (χ3n) is 3.60. The van der Waals surface area contributed by atoms with Crippen LogP contribution >= 0.6 is 0 Å². The summed E-state index contributed by atoms with van der Waals surface area (Å²) in [5.41, 5.74) is 3.42. The van der Waals surface area contributed by atoms with Gasteiger partial charge in [-0.15, -0.1) is 0 Å². The third kappa shape index (κ3) is 2.06. The van der Waals surface area contributed by atoms with Crippen molar-refractivity contribution in [1.29, 1.82) is 0 Å². The summed E-state index contributed by atoms with van der Waals surface area (Å²) in [6, 6.07) is 14.0. The summed E-state index contributed by atoms with van der Waals surface area (Å²) >= 11 is 0. The molecule has 2 aromatic rings. The normalized spacial score (nSPS) is 17.4. The number of aryl methyl sites for hydroxylation is 1. The maximum Gasteiger partial charge on any atom is 0.146 e. The van der Waals surface area contributed by atoms with Crippen LogP contribution < -0.4 is 0 Å². The highest BCUT2D eigenvalue weighted by Gasteiger charge is 2.27. The van der Waals surface area contributed by atoms with E-state index in [1.54, 1.807) is 6.20 Å². The Balaban J connectivity index is 1.79. The van der Waals surface area contributed by atoms with Gasteiger partial charge in [-0.05, 0) is 36.1 Å². The van der Waals surface area contributed by atoms with E-state index in [1.165, 1.54) is 11.1 Å². The number of nitrogens with zero attached hydrogens (tertiary/aromatic N) is 1. The van der Waals surface area contributed by atoms with Crippen molar-refractivity contribution in [3.63, 3.8) is 0 Å². The van der Waals surface area contributed by atoms with Gasteiger partial charge in [0, 0.05) is 24.2 Å². The standard InChI is InChI=1S/C16H15NO/c18-16(11-13-6-3-4-10-17-13)15-9-8-12-5-1-2-7-14(12)15/h1-7,10,15H,8-9,11H2. The summed E-state index contributed by atoms with van der Waals surface area (Å²) in [7, 11) is 0. The molecule has 1 aromatic heterocycles. The van der Waals surface area contributed by atoms with E-state index < -0.39 is 0 Å². The molecule has 90 valence electrons. The van der Waals surface area contributed by atoms with Crippen LogP contribution in [0.15, 0.2) is 48.7 Å². The van der Waals surface area contributed by atoms with Gasteiger partial charge in [-0.3, -0.25) is 9.78 Å². The summed E-state index contributed by atoms with van der Waals surface area (Å²) in [6.45, 7) is 0. The Labute approximate surface area is 107 Å². The molecular weight excluding hydrogens is 222 g/mol. The smallest absolute Gasteiger partial charge is 0.146 e. The van der Waals surface area contributed by atoms with Gasteiger partial charge in [-0.25, -0.2) is 0 Å². The first kappa shape index (κ1) is 11.1. The van der Waals surface area contributed by atoms with Crippen molar-refractivity contribution in [3.05, 3.63) is 65.5 Å². The second kappa shape index (κ2) is 4.73. The first-order chi connectivity index (χ1) is 8.84. The molecule has 3 rings (SSSR count). The van der Waals surface area contributed by atoms with Crippen molar-refractivity contribution in [2.24, 2.45) is 0 Å². The lowest BCUT2D eigenvalue weighted by atomic mass is 9.94. The predicted molar refractivity (Wildman–Crippen MR) is 70.5 cm³/mol. The van der Waals surface area contributed by atoms with E-state index in [0.717, 1.165) is 18.5 Å². The van der Waals surface area contributed by atoms with Gasteiger partial charge in [-0.2, -0.15) is 0 Å². The fraction of sp³-hybridized carbons (Fsp3) is 0.250. The largest absolute Gasteiger partial charge is 0.299 e. The number of carbonyl (C=O) groups excluding carboxylic acids is 1. The molecule has 0 fully saturated rings. The zero-order valence-electron chi connectivity index (χ0n) is 10.2. The van der Waals surface area contributed by atoms with Crippen LogP contribution in [0.3, 0.4) is 0 Å². The van der Waals surface area contributed by atoms with Crippen LogP contribution in [0.25, 0.3) is 0 Å². The van der Waals surface area contributed by atoms with Gasteiger partial charge in [0.25, 0.3) is 0 Å². The molecule has 0 spiro atoms. The number of aromatic nitrogens is 1. The van der Waals surface area contributed by atoms with Crippen molar-refractivity contribution in [1.82, 2.24) is 4.98 Å². The van der Waals surface area contributed by atoms with E-state index >= 15 is 0 Å². The molecule has 0 saturated heterocycles. The molecule has 0 bridgehead atoms. The fourth-order valence-electron chi connectivity index (χ4n) is 2.70. The van der Waals surface area contributed by atoms with Gasteiger partial charge in [0.2, 0.25) is 0 Å². The van der Waals surface area contributed by atoms with Gasteiger partial charge in [0.15, 0.2) is 0 Å². The molecule has 0 saturated carbocycles. The van der Waals surface area contributed by atoms with Crippen LogP contribution in [-0.2, 0) is 17.6 Å². The first-order valence-electron chi connectivity index (χ1n) is 6.35. The molecule has 1 aliphatic rings. The third-order valence-corrected chi connectivity index (χ3v) is 3.60. The number of rotatable bonds is 3. The Bertz CT molecular complexity index is 562. The Morgan fingerprint density at radius 1 is 1.17 bits per heavy atom. The number of ketones is 1. The average Bonchev–Trinajstić information content (AvgIpc) is 2.84. The van der Waals surface area contributed by atoms with Crippen LogP contribution in [0, 0.1) is 0 Å². The van der Waals surface area contributed by atoms with Crippen LogP contribution in [0.4, 0.5) is 0 Å². The van der Waals surface area contributed by atoms with Crippen molar-refractivity contribution >= 4 is 5.78 Å². The monoisotopic (exact) mass is 237 g/mol. The number of pyridine rings is 1. The summed E-state index contributed by atoms with van der Waals surface area (Å²) in [6.07, 6.45) is 4.16. The van der Waals surface area contributed by atoms with Gasteiger partial charge in [0.05, 0.1) is 0 Å². The Morgan fingerprint density at radius 3 is 2.83 bits per heavy atom. The Kier molecular flexibility index (Phi) is 2.93. The molecule has 1 atom stereocenters. The number of fused-ring (bicyclic) bond motifs is 1. The van der Waals surface area contributed by atoms with Crippen LogP contribution in [-0.4, -0.2) is 10.8 Å². The van der Waals surface area contributed by atoms with Crippen molar-refractivity contribution < 1.29 is 4.79 Å². The molecule has 0 amide bonds. The Hall–Kier alpha value is -1.96. The highest BCUT2D eigenvalue weighted by Crippen LogP contribution is 2.33. The van der Waals surface area contributed by atoms with E-state index in [2.05, 4.69) is 17.1 Å². The van der Waals surface area contributed by atoms with Crippen molar-refractivity contribution in [2.45, 2.75) is 25.2 Å². The molecular formula is C16H15NO. The predicted octanol–water partition coefficient (Wildman–Crippen LogP) is 2.92. The molecule has 2 heteroatoms. The maximum absolute atomic E-state index is 12.3. The molecule has 0 radical (unpaired) electrons. The maximum atomic E-state index is 12.3. The van der Waals surface area contributed by atoms with E-state index in [0.29, 0.717) is 12.2 Å². The molecule has 0 aliphatic heterocycles. The van der Waals surface area contributed by atoms with Crippen molar-refractivity contribution in [3.8, 4) is 0 Å². The van der Waals surface area contributed by atoms with Crippen LogP contribution in [0.2, 0.25) is 0 Å². The first-order valence-corrected chi connectivity index (χ1v) is 6.35. The number of carbonyl (C=O) groups is 1. The molecule has 1 heterocycles. The Morgan fingerprint density at radius 2 is 2.00 bits per heavy atom. The summed E-state index contributed by atoms with van der Waals surface area (Å²) in [5, 5.41) is 0. The van der Waals surface area contributed by atoms with Crippen LogP contribution in [0.1, 0.15) is 29.2 Å². The molecule has 18 heavy (non-hydrogen) atoms. The molecule has 1 aliphatic carbocycles. The lowest BCUT2D eigenvalue weighted by molar-refractivity contribution is -0.119. The lowest BCUT2D eigenvalue weighted by Crippen LogP contribution is -2.13. The van der Waals surface area contributed by atoms with Gasteiger partial charge < -0.3 is 0 Å². The number of benzene rings is 1.